The van der Waals surface area contributed by atoms with Crippen molar-refractivity contribution in [3.63, 3.8) is 0 Å². The van der Waals surface area contributed by atoms with Crippen LogP contribution in [0.5, 0.6) is 0 Å². The maximum atomic E-state index is 12.6. The Morgan fingerprint density at radius 1 is 1.24 bits per heavy atom. The highest BCUT2D eigenvalue weighted by atomic mass is 32.2. The third kappa shape index (κ3) is 5.22. The van der Waals surface area contributed by atoms with Gasteiger partial charge >= 0.3 is 5.97 Å². The number of sulfonamides is 1. The standard InChI is InChI=1S/C19H23N3O6S/c1-2-14-4-3-5-15(10-14)21-18(23)13-28-19(24)17-11-16(12-20-17)29(25,26)22-6-8-27-9-7-22/h3-5,10-12,20H,2,6-9,13H2,1H3,(H,21,23). The van der Waals surface area contributed by atoms with Crippen molar-refractivity contribution < 1.29 is 27.5 Å². The molecule has 2 heterocycles. The van der Waals surface area contributed by atoms with Crippen molar-refractivity contribution in [3.8, 4) is 0 Å². The van der Waals surface area contributed by atoms with E-state index in [4.69, 9.17) is 9.47 Å². The van der Waals surface area contributed by atoms with Gasteiger partial charge in [-0.2, -0.15) is 4.31 Å². The van der Waals surface area contributed by atoms with Crippen molar-refractivity contribution >= 4 is 27.6 Å². The van der Waals surface area contributed by atoms with Crippen LogP contribution >= 0.6 is 0 Å². The summed E-state index contributed by atoms with van der Waals surface area (Å²) in [5, 5.41) is 2.66. The van der Waals surface area contributed by atoms with Gasteiger partial charge in [-0.1, -0.05) is 19.1 Å². The molecule has 0 bridgehead atoms. The van der Waals surface area contributed by atoms with Crippen LogP contribution in [0.3, 0.4) is 0 Å². The molecule has 0 unspecified atom stereocenters. The van der Waals surface area contributed by atoms with Crippen LogP contribution in [0.25, 0.3) is 0 Å². The number of esters is 1. The number of amides is 1. The largest absolute Gasteiger partial charge is 0.451 e. The summed E-state index contributed by atoms with van der Waals surface area (Å²) in [5.74, 6) is -1.30. The fourth-order valence-electron chi connectivity index (χ4n) is 2.85. The van der Waals surface area contributed by atoms with Crippen molar-refractivity contribution in [2.45, 2.75) is 18.2 Å². The third-order valence-corrected chi connectivity index (χ3v) is 6.31. The molecule has 3 rings (SSSR count). The predicted molar refractivity (Wildman–Crippen MR) is 105 cm³/mol. The van der Waals surface area contributed by atoms with Crippen LogP contribution in [0.1, 0.15) is 23.0 Å². The summed E-state index contributed by atoms with van der Waals surface area (Å²) in [4.78, 5) is 26.7. The molecular weight excluding hydrogens is 398 g/mol. The summed E-state index contributed by atoms with van der Waals surface area (Å²) in [7, 11) is -3.72. The van der Waals surface area contributed by atoms with E-state index in [2.05, 4.69) is 10.3 Å². The maximum absolute atomic E-state index is 12.6. The van der Waals surface area contributed by atoms with Crippen molar-refractivity contribution in [2.75, 3.05) is 38.2 Å². The summed E-state index contributed by atoms with van der Waals surface area (Å²) >= 11 is 0. The van der Waals surface area contributed by atoms with E-state index < -0.39 is 28.5 Å². The molecule has 2 N–H and O–H groups in total. The molecule has 1 aliphatic rings. The number of aryl methyl sites for hydroxylation is 1. The second-order valence-corrected chi connectivity index (χ2v) is 8.38. The molecule has 1 fully saturated rings. The number of ether oxygens (including phenoxy) is 2. The van der Waals surface area contributed by atoms with E-state index in [1.54, 1.807) is 6.07 Å². The zero-order valence-electron chi connectivity index (χ0n) is 16.0. The van der Waals surface area contributed by atoms with Gasteiger partial charge in [0.2, 0.25) is 10.0 Å². The summed E-state index contributed by atoms with van der Waals surface area (Å²) in [5.41, 5.74) is 1.64. The van der Waals surface area contributed by atoms with Crippen LogP contribution in [-0.4, -0.2) is 62.5 Å². The number of aromatic amines is 1. The summed E-state index contributed by atoms with van der Waals surface area (Å²) in [6.07, 6.45) is 2.07. The monoisotopic (exact) mass is 421 g/mol. The summed E-state index contributed by atoms with van der Waals surface area (Å²) in [6, 6.07) is 8.56. The van der Waals surface area contributed by atoms with E-state index in [-0.39, 0.29) is 23.7 Å². The minimum Gasteiger partial charge on any atom is -0.451 e. The van der Waals surface area contributed by atoms with Gasteiger partial charge in [-0.3, -0.25) is 4.79 Å². The van der Waals surface area contributed by atoms with Gasteiger partial charge in [-0.05, 0) is 30.2 Å². The van der Waals surface area contributed by atoms with E-state index in [1.807, 2.05) is 25.1 Å². The molecule has 1 saturated heterocycles. The van der Waals surface area contributed by atoms with Gasteiger partial charge in [0.05, 0.1) is 13.2 Å². The lowest BCUT2D eigenvalue weighted by atomic mass is 10.1. The Morgan fingerprint density at radius 3 is 2.72 bits per heavy atom. The molecule has 29 heavy (non-hydrogen) atoms. The molecule has 156 valence electrons. The van der Waals surface area contributed by atoms with E-state index in [0.29, 0.717) is 18.9 Å². The number of carbonyl (C=O) groups excluding carboxylic acids is 2. The molecule has 1 aliphatic heterocycles. The number of benzene rings is 1. The van der Waals surface area contributed by atoms with E-state index in [1.165, 1.54) is 16.6 Å². The average molecular weight is 421 g/mol. The Labute approximate surface area is 169 Å². The Balaban J connectivity index is 1.56. The van der Waals surface area contributed by atoms with Gasteiger partial charge < -0.3 is 19.8 Å². The molecule has 1 aromatic heterocycles. The minimum absolute atomic E-state index is 0.0350. The fourth-order valence-corrected chi connectivity index (χ4v) is 4.25. The SMILES string of the molecule is CCc1cccc(NC(=O)COC(=O)c2cc(S(=O)(=O)N3CCOCC3)c[nH]2)c1. The van der Waals surface area contributed by atoms with Crippen LogP contribution in [0.15, 0.2) is 41.4 Å². The molecule has 1 amide bonds. The first-order valence-corrected chi connectivity index (χ1v) is 10.7. The van der Waals surface area contributed by atoms with Crippen molar-refractivity contribution in [1.82, 2.24) is 9.29 Å². The fraction of sp³-hybridized carbons (Fsp3) is 0.368. The quantitative estimate of drug-likeness (QED) is 0.653. The van der Waals surface area contributed by atoms with E-state index >= 15 is 0 Å². The molecule has 0 spiro atoms. The van der Waals surface area contributed by atoms with Crippen LogP contribution in [0.4, 0.5) is 5.69 Å². The van der Waals surface area contributed by atoms with Crippen molar-refractivity contribution in [2.24, 2.45) is 0 Å². The normalized spacial score (nSPS) is 15.1. The highest BCUT2D eigenvalue weighted by Gasteiger charge is 2.28. The van der Waals surface area contributed by atoms with Crippen LogP contribution in [-0.2, 0) is 30.7 Å². The predicted octanol–water partition coefficient (Wildman–Crippen LogP) is 1.39. The first kappa shape index (κ1) is 21.0. The molecule has 0 saturated carbocycles. The number of nitrogens with zero attached hydrogens (tertiary/aromatic N) is 1. The Hall–Kier alpha value is -2.69. The van der Waals surface area contributed by atoms with Gasteiger partial charge in [-0.25, -0.2) is 13.2 Å². The highest BCUT2D eigenvalue weighted by molar-refractivity contribution is 7.89. The lowest BCUT2D eigenvalue weighted by Gasteiger charge is -2.25. The van der Waals surface area contributed by atoms with E-state index in [0.717, 1.165) is 12.0 Å². The zero-order valence-corrected chi connectivity index (χ0v) is 16.8. The van der Waals surface area contributed by atoms with Crippen LogP contribution in [0.2, 0.25) is 0 Å². The minimum atomic E-state index is -3.72. The van der Waals surface area contributed by atoms with Gasteiger partial charge in [0.15, 0.2) is 6.61 Å². The van der Waals surface area contributed by atoms with E-state index in [9.17, 15) is 18.0 Å². The lowest BCUT2D eigenvalue weighted by Crippen LogP contribution is -2.40. The molecule has 0 aliphatic carbocycles. The smallest absolute Gasteiger partial charge is 0.355 e. The Morgan fingerprint density at radius 2 is 2.00 bits per heavy atom. The van der Waals surface area contributed by atoms with Gasteiger partial charge in [0.25, 0.3) is 5.91 Å². The number of morpholine rings is 1. The second-order valence-electron chi connectivity index (χ2n) is 6.44. The molecular formula is C19H23N3O6S. The third-order valence-electron chi connectivity index (χ3n) is 4.44. The topological polar surface area (TPSA) is 118 Å². The number of aromatic nitrogens is 1. The molecule has 1 aromatic carbocycles. The number of hydrogen-bond acceptors (Lipinski definition) is 6. The molecule has 0 atom stereocenters. The van der Waals surface area contributed by atoms with Crippen molar-refractivity contribution in [1.29, 1.82) is 0 Å². The van der Waals surface area contributed by atoms with Crippen molar-refractivity contribution in [3.05, 3.63) is 47.8 Å². The van der Waals surface area contributed by atoms with Gasteiger partial charge in [0, 0.05) is 25.0 Å². The highest BCUT2D eigenvalue weighted by Crippen LogP contribution is 2.18. The van der Waals surface area contributed by atoms with Crippen LogP contribution < -0.4 is 5.32 Å². The first-order valence-electron chi connectivity index (χ1n) is 9.22. The second kappa shape index (κ2) is 9.21. The molecule has 10 heteroatoms. The molecule has 9 nitrogen and oxygen atoms in total. The number of hydrogen-bond donors (Lipinski definition) is 2. The number of anilines is 1. The molecule has 0 radical (unpaired) electrons. The van der Waals surface area contributed by atoms with Gasteiger partial charge in [0.1, 0.15) is 10.6 Å². The first-order chi connectivity index (χ1) is 13.9. The Kier molecular flexibility index (Phi) is 6.68. The maximum Gasteiger partial charge on any atom is 0.355 e. The van der Waals surface area contributed by atoms with Gasteiger partial charge in [-0.15, -0.1) is 0 Å². The average Bonchev–Trinajstić information content (AvgIpc) is 3.24. The number of carbonyl (C=O) groups is 2. The zero-order chi connectivity index (χ0) is 20.9. The summed E-state index contributed by atoms with van der Waals surface area (Å²) in [6.45, 7) is 2.69. The summed E-state index contributed by atoms with van der Waals surface area (Å²) < 4.78 is 36.6. The number of nitrogens with one attached hydrogen (secondary N) is 2. The molecule has 2 aromatic rings. The number of H-pyrrole nitrogens is 1. The lowest BCUT2D eigenvalue weighted by molar-refractivity contribution is -0.119. The Bertz CT molecular complexity index is 979. The van der Waals surface area contributed by atoms with Crippen LogP contribution in [0, 0.1) is 0 Å². The number of rotatable bonds is 7.